The highest BCUT2D eigenvalue weighted by atomic mass is 32.2. The van der Waals surface area contributed by atoms with Crippen LogP contribution in [0.1, 0.15) is 15.9 Å². The van der Waals surface area contributed by atoms with Gasteiger partial charge in [0, 0.05) is 6.07 Å². The van der Waals surface area contributed by atoms with Crippen molar-refractivity contribution in [3.8, 4) is 11.5 Å². The van der Waals surface area contributed by atoms with Crippen LogP contribution in [0.3, 0.4) is 0 Å². The van der Waals surface area contributed by atoms with Crippen molar-refractivity contribution in [2.45, 2.75) is 11.8 Å². The smallest absolute Gasteiger partial charge is 0.341 e. The van der Waals surface area contributed by atoms with Gasteiger partial charge in [0.15, 0.2) is 0 Å². The average molecular weight is 336 g/mol. The van der Waals surface area contributed by atoms with Gasteiger partial charge in [-0.25, -0.2) is 4.79 Å². The maximum absolute atomic E-state index is 12.2. The number of hydrogen-bond donors (Lipinski definition) is 0. The van der Waals surface area contributed by atoms with Crippen molar-refractivity contribution in [3.05, 3.63) is 53.6 Å². The Morgan fingerprint density at radius 2 is 1.65 bits per heavy atom. The average Bonchev–Trinajstić information content (AvgIpc) is 2.54. The fourth-order valence-corrected chi connectivity index (χ4v) is 2.81. The van der Waals surface area contributed by atoms with Crippen LogP contribution in [0.4, 0.5) is 0 Å². The number of rotatable bonds is 5. The van der Waals surface area contributed by atoms with E-state index in [9.17, 15) is 13.2 Å². The summed E-state index contributed by atoms with van der Waals surface area (Å²) in [6.45, 7) is 1.85. The molecule has 23 heavy (non-hydrogen) atoms. The summed E-state index contributed by atoms with van der Waals surface area (Å²) in [6, 6.07) is 10.3. The summed E-state index contributed by atoms with van der Waals surface area (Å²) in [4.78, 5) is 11.7. The van der Waals surface area contributed by atoms with E-state index >= 15 is 0 Å². The molecular weight excluding hydrogens is 320 g/mol. The van der Waals surface area contributed by atoms with E-state index in [2.05, 4.69) is 4.74 Å². The zero-order valence-corrected chi connectivity index (χ0v) is 13.7. The van der Waals surface area contributed by atoms with Crippen molar-refractivity contribution in [1.29, 1.82) is 0 Å². The fourth-order valence-electron chi connectivity index (χ4n) is 1.89. The molecule has 0 amide bonds. The molecule has 0 fully saturated rings. The summed E-state index contributed by atoms with van der Waals surface area (Å²) in [5.41, 5.74) is 1.01. The number of benzene rings is 2. The fraction of sp³-hybridized carbons (Fsp3) is 0.188. The molecule has 0 heterocycles. The number of hydrogen-bond acceptors (Lipinski definition) is 6. The lowest BCUT2D eigenvalue weighted by Gasteiger charge is -2.11. The van der Waals surface area contributed by atoms with Crippen LogP contribution in [-0.4, -0.2) is 28.6 Å². The van der Waals surface area contributed by atoms with E-state index in [-0.39, 0.29) is 22.0 Å². The summed E-state index contributed by atoms with van der Waals surface area (Å²) in [7, 11) is -1.38. The molecule has 0 radical (unpaired) electrons. The van der Waals surface area contributed by atoms with Gasteiger partial charge >= 0.3 is 16.1 Å². The maximum atomic E-state index is 12.2. The summed E-state index contributed by atoms with van der Waals surface area (Å²) >= 11 is 0. The van der Waals surface area contributed by atoms with E-state index in [1.165, 1.54) is 44.6 Å². The highest BCUT2D eigenvalue weighted by Gasteiger charge is 2.19. The first-order chi connectivity index (χ1) is 10.9. The molecule has 0 bridgehead atoms. The van der Waals surface area contributed by atoms with Crippen molar-refractivity contribution < 1.29 is 26.9 Å². The minimum absolute atomic E-state index is 0.00762. The number of esters is 1. The number of ether oxygens (including phenoxy) is 2. The number of aryl methyl sites for hydroxylation is 1. The molecular formula is C16H16O6S. The van der Waals surface area contributed by atoms with E-state index in [4.69, 9.17) is 8.92 Å². The van der Waals surface area contributed by atoms with Crippen LogP contribution in [-0.2, 0) is 14.9 Å². The lowest BCUT2D eigenvalue weighted by Crippen LogP contribution is -2.11. The molecule has 122 valence electrons. The summed E-state index contributed by atoms with van der Waals surface area (Å²) in [5.74, 6) is -0.399. The van der Waals surface area contributed by atoms with E-state index in [0.29, 0.717) is 0 Å². The molecule has 0 aliphatic rings. The topological polar surface area (TPSA) is 78.9 Å². The molecule has 0 saturated carbocycles. The zero-order valence-electron chi connectivity index (χ0n) is 12.9. The number of carbonyl (C=O) groups excluding carboxylic acids is 1. The molecule has 0 N–H and O–H groups in total. The predicted molar refractivity (Wildman–Crippen MR) is 83.3 cm³/mol. The monoisotopic (exact) mass is 336 g/mol. The van der Waals surface area contributed by atoms with Crippen molar-refractivity contribution in [2.24, 2.45) is 0 Å². The maximum Gasteiger partial charge on any atom is 0.341 e. The van der Waals surface area contributed by atoms with Crippen LogP contribution in [0.25, 0.3) is 0 Å². The first-order valence-corrected chi connectivity index (χ1v) is 8.05. The summed E-state index contributed by atoms with van der Waals surface area (Å²) < 4.78 is 39.3. The van der Waals surface area contributed by atoms with Gasteiger partial charge in [-0.1, -0.05) is 17.7 Å². The Morgan fingerprint density at radius 3 is 2.22 bits per heavy atom. The second kappa shape index (κ2) is 6.70. The lowest BCUT2D eigenvalue weighted by molar-refractivity contribution is 0.0596. The van der Waals surface area contributed by atoms with Crippen LogP contribution in [0, 0.1) is 6.92 Å². The Kier molecular flexibility index (Phi) is 4.90. The highest BCUT2D eigenvalue weighted by molar-refractivity contribution is 7.87. The third-order valence-corrected chi connectivity index (χ3v) is 4.35. The predicted octanol–water partition coefficient (Wildman–Crippen LogP) is 2.56. The molecule has 0 unspecified atom stereocenters. The van der Waals surface area contributed by atoms with Gasteiger partial charge in [0.2, 0.25) is 0 Å². The van der Waals surface area contributed by atoms with E-state index in [1.807, 2.05) is 6.92 Å². The Morgan fingerprint density at radius 1 is 1.00 bits per heavy atom. The SMILES string of the molecule is COC(=O)c1cc(OS(=O)(=O)c2ccc(C)cc2)ccc1OC. The third kappa shape index (κ3) is 3.81. The van der Waals surface area contributed by atoms with Gasteiger partial charge in [-0.15, -0.1) is 0 Å². The van der Waals surface area contributed by atoms with Crippen LogP contribution >= 0.6 is 0 Å². The second-order valence-corrected chi connectivity index (χ2v) is 6.25. The molecule has 2 aromatic rings. The third-order valence-electron chi connectivity index (χ3n) is 3.09. The number of methoxy groups -OCH3 is 2. The molecule has 2 rings (SSSR count). The van der Waals surface area contributed by atoms with Crippen molar-refractivity contribution in [2.75, 3.05) is 14.2 Å². The van der Waals surface area contributed by atoms with Gasteiger partial charge < -0.3 is 13.7 Å². The Balaban J connectivity index is 2.36. The molecule has 0 atom stereocenters. The molecule has 7 heteroatoms. The molecule has 2 aromatic carbocycles. The zero-order chi connectivity index (χ0) is 17.0. The van der Waals surface area contributed by atoms with Crippen molar-refractivity contribution >= 4 is 16.1 Å². The van der Waals surface area contributed by atoms with Gasteiger partial charge in [-0.05, 0) is 31.2 Å². The van der Waals surface area contributed by atoms with Crippen molar-refractivity contribution in [1.82, 2.24) is 0 Å². The van der Waals surface area contributed by atoms with Gasteiger partial charge in [0.1, 0.15) is 22.0 Å². The normalized spacial score (nSPS) is 10.9. The van der Waals surface area contributed by atoms with E-state index < -0.39 is 16.1 Å². The molecule has 0 aliphatic carbocycles. The van der Waals surface area contributed by atoms with Gasteiger partial charge in [-0.2, -0.15) is 8.42 Å². The van der Waals surface area contributed by atoms with E-state index in [0.717, 1.165) is 5.56 Å². The first kappa shape index (κ1) is 16.8. The van der Waals surface area contributed by atoms with Crippen molar-refractivity contribution in [3.63, 3.8) is 0 Å². The minimum atomic E-state index is -3.99. The molecule has 0 aliphatic heterocycles. The van der Waals surface area contributed by atoms with Crippen LogP contribution in [0.15, 0.2) is 47.4 Å². The first-order valence-electron chi connectivity index (χ1n) is 6.65. The lowest BCUT2D eigenvalue weighted by atomic mass is 10.2. The van der Waals surface area contributed by atoms with Gasteiger partial charge in [0.05, 0.1) is 14.2 Å². The Labute approximate surface area is 134 Å². The Bertz CT molecular complexity index is 809. The van der Waals surface area contributed by atoms with Crippen LogP contribution < -0.4 is 8.92 Å². The number of carbonyl (C=O) groups is 1. The Hall–Kier alpha value is -2.54. The summed E-state index contributed by atoms with van der Waals surface area (Å²) in [5, 5.41) is 0. The molecule has 6 nitrogen and oxygen atoms in total. The largest absolute Gasteiger partial charge is 0.496 e. The quantitative estimate of drug-likeness (QED) is 0.617. The highest BCUT2D eigenvalue weighted by Crippen LogP contribution is 2.27. The molecule has 0 spiro atoms. The minimum Gasteiger partial charge on any atom is -0.496 e. The van der Waals surface area contributed by atoms with Gasteiger partial charge in [-0.3, -0.25) is 0 Å². The second-order valence-electron chi connectivity index (χ2n) is 4.70. The standard InChI is InChI=1S/C16H16O6S/c1-11-4-7-13(8-5-11)23(18,19)22-12-6-9-15(20-2)14(10-12)16(17)21-3/h4-10H,1-3H3. The molecule has 0 saturated heterocycles. The summed E-state index contributed by atoms with van der Waals surface area (Å²) in [6.07, 6.45) is 0. The van der Waals surface area contributed by atoms with Gasteiger partial charge in [0.25, 0.3) is 0 Å². The van der Waals surface area contributed by atoms with E-state index in [1.54, 1.807) is 12.1 Å². The van der Waals surface area contributed by atoms with Crippen LogP contribution in [0.5, 0.6) is 11.5 Å². The van der Waals surface area contributed by atoms with Crippen LogP contribution in [0.2, 0.25) is 0 Å². The molecule has 0 aromatic heterocycles.